The summed E-state index contributed by atoms with van der Waals surface area (Å²) in [6.07, 6.45) is 0. The van der Waals surface area contributed by atoms with E-state index in [9.17, 15) is 4.79 Å². The summed E-state index contributed by atoms with van der Waals surface area (Å²) < 4.78 is 12.6. The molecule has 2 aromatic rings. The van der Waals surface area contributed by atoms with Gasteiger partial charge in [-0.2, -0.15) is 0 Å². The minimum atomic E-state index is -0.139. The van der Waals surface area contributed by atoms with Gasteiger partial charge in [-0.1, -0.05) is 0 Å². The van der Waals surface area contributed by atoms with Gasteiger partial charge in [0.15, 0.2) is 0 Å². The zero-order valence-electron chi connectivity index (χ0n) is 14.6. The highest BCUT2D eigenvalue weighted by atomic mass is 16.5. The standard InChI is InChI=1S/C18H24N2O3/c1-11(2)20-12(3)7-17(13(20)4)18(21)19-14-8-15(22-5)10-16(9-14)23-6/h7-11H,1-6H3,(H,19,21). The van der Waals surface area contributed by atoms with Crippen molar-refractivity contribution >= 4 is 11.6 Å². The van der Waals surface area contributed by atoms with Crippen molar-refractivity contribution in [3.8, 4) is 11.5 Å². The fraction of sp³-hybridized carbons (Fsp3) is 0.389. The van der Waals surface area contributed by atoms with Crippen molar-refractivity contribution in [2.45, 2.75) is 33.7 Å². The van der Waals surface area contributed by atoms with Gasteiger partial charge in [0.25, 0.3) is 5.91 Å². The molecule has 0 radical (unpaired) electrons. The second-order valence-corrected chi connectivity index (χ2v) is 5.80. The van der Waals surface area contributed by atoms with Crippen molar-refractivity contribution < 1.29 is 14.3 Å². The maximum atomic E-state index is 12.6. The number of nitrogens with zero attached hydrogens (tertiary/aromatic N) is 1. The average molecular weight is 316 g/mol. The summed E-state index contributed by atoms with van der Waals surface area (Å²) in [6.45, 7) is 8.19. The van der Waals surface area contributed by atoms with Gasteiger partial charge in [0.05, 0.1) is 19.8 Å². The zero-order valence-corrected chi connectivity index (χ0v) is 14.6. The van der Waals surface area contributed by atoms with Crippen molar-refractivity contribution in [3.05, 3.63) is 41.2 Å². The monoisotopic (exact) mass is 316 g/mol. The number of anilines is 1. The lowest BCUT2D eigenvalue weighted by Gasteiger charge is -2.14. The Balaban J connectivity index is 2.31. The Morgan fingerprint density at radius 3 is 2.04 bits per heavy atom. The van der Waals surface area contributed by atoms with E-state index in [4.69, 9.17) is 9.47 Å². The molecule has 0 atom stereocenters. The number of carbonyl (C=O) groups excluding carboxylic acids is 1. The lowest BCUT2D eigenvalue weighted by atomic mass is 10.2. The van der Waals surface area contributed by atoms with Crippen LogP contribution in [-0.4, -0.2) is 24.7 Å². The number of rotatable bonds is 5. The molecule has 0 saturated heterocycles. The molecule has 0 aliphatic carbocycles. The molecule has 0 saturated carbocycles. The van der Waals surface area contributed by atoms with Crippen LogP contribution in [0.1, 0.15) is 41.6 Å². The Bertz CT molecular complexity index is 695. The summed E-state index contributed by atoms with van der Waals surface area (Å²) in [4.78, 5) is 12.6. The molecule has 23 heavy (non-hydrogen) atoms. The van der Waals surface area contributed by atoms with Crippen LogP contribution in [0.5, 0.6) is 11.5 Å². The molecular formula is C18H24N2O3. The summed E-state index contributed by atoms with van der Waals surface area (Å²) in [6, 6.07) is 7.53. The fourth-order valence-corrected chi connectivity index (χ4v) is 2.88. The topological polar surface area (TPSA) is 52.5 Å². The second-order valence-electron chi connectivity index (χ2n) is 5.80. The Morgan fingerprint density at radius 2 is 1.61 bits per heavy atom. The van der Waals surface area contributed by atoms with E-state index < -0.39 is 0 Å². The number of aryl methyl sites for hydroxylation is 1. The van der Waals surface area contributed by atoms with Gasteiger partial charge in [-0.05, 0) is 33.8 Å². The summed E-state index contributed by atoms with van der Waals surface area (Å²) in [5.74, 6) is 1.12. The maximum absolute atomic E-state index is 12.6. The van der Waals surface area contributed by atoms with E-state index in [-0.39, 0.29) is 5.91 Å². The molecule has 0 unspecified atom stereocenters. The molecule has 0 fully saturated rings. The van der Waals surface area contributed by atoms with Crippen LogP contribution < -0.4 is 14.8 Å². The quantitative estimate of drug-likeness (QED) is 0.908. The molecule has 0 aliphatic heterocycles. The third kappa shape index (κ3) is 3.50. The van der Waals surface area contributed by atoms with Crippen LogP contribution in [0.3, 0.4) is 0 Å². The molecule has 5 heteroatoms. The normalized spacial score (nSPS) is 10.7. The average Bonchev–Trinajstić information content (AvgIpc) is 2.81. The van der Waals surface area contributed by atoms with E-state index in [1.165, 1.54) is 0 Å². The maximum Gasteiger partial charge on any atom is 0.257 e. The molecule has 0 aliphatic rings. The highest BCUT2D eigenvalue weighted by molar-refractivity contribution is 6.05. The third-order valence-corrected chi connectivity index (χ3v) is 3.85. The van der Waals surface area contributed by atoms with Gasteiger partial charge in [-0.15, -0.1) is 0 Å². The van der Waals surface area contributed by atoms with Crippen molar-refractivity contribution in [2.24, 2.45) is 0 Å². The Morgan fingerprint density at radius 1 is 1.04 bits per heavy atom. The van der Waals surface area contributed by atoms with Crippen LogP contribution in [0.2, 0.25) is 0 Å². The van der Waals surface area contributed by atoms with Crippen molar-refractivity contribution in [2.75, 3.05) is 19.5 Å². The van der Waals surface area contributed by atoms with Gasteiger partial charge in [-0.3, -0.25) is 4.79 Å². The summed E-state index contributed by atoms with van der Waals surface area (Å²) in [5.41, 5.74) is 3.36. The summed E-state index contributed by atoms with van der Waals surface area (Å²) in [5, 5.41) is 2.92. The van der Waals surface area contributed by atoms with E-state index in [0.29, 0.717) is 28.8 Å². The predicted molar refractivity (Wildman–Crippen MR) is 91.8 cm³/mol. The molecule has 0 spiro atoms. The number of hydrogen-bond acceptors (Lipinski definition) is 3. The van der Waals surface area contributed by atoms with Crippen LogP contribution >= 0.6 is 0 Å². The van der Waals surface area contributed by atoms with Crippen LogP contribution in [0.15, 0.2) is 24.3 Å². The molecule has 1 aromatic heterocycles. The highest BCUT2D eigenvalue weighted by Crippen LogP contribution is 2.27. The van der Waals surface area contributed by atoms with Gasteiger partial charge in [0, 0.05) is 41.3 Å². The molecule has 5 nitrogen and oxygen atoms in total. The second kappa shape index (κ2) is 6.77. The minimum absolute atomic E-state index is 0.139. The van der Waals surface area contributed by atoms with Gasteiger partial charge < -0.3 is 19.4 Å². The zero-order chi connectivity index (χ0) is 17.1. The van der Waals surface area contributed by atoms with Crippen LogP contribution in [0.25, 0.3) is 0 Å². The number of aromatic nitrogens is 1. The molecular weight excluding hydrogens is 292 g/mol. The Labute approximate surface area is 137 Å². The Kier molecular flexibility index (Phi) is 4.98. The molecule has 1 heterocycles. The number of ether oxygens (including phenoxy) is 2. The number of hydrogen-bond donors (Lipinski definition) is 1. The predicted octanol–water partition coefficient (Wildman–Crippen LogP) is 3.96. The van der Waals surface area contributed by atoms with Crippen LogP contribution in [-0.2, 0) is 0 Å². The first-order valence-corrected chi connectivity index (χ1v) is 7.60. The molecule has 1 amide bonds. The number of amides is 1. The van der Waals surface area contributed by atoms with Crippen molar-refractivity contribution in [1.82, 2.24) is 4.57 Å². The number of methoxy groups -OCH3 is 2. The summed E-state index contributed by atoms with van der Waals surface area (Å²) >= 11 is 0. The minimum Gasteiger partial charge on any atom is -0.497 e. The molecule has 124 valence electrons. The number of nitrogens with one attached hydrogen (secondary N) is 1. The molecule has 1 N–H and O–H groups in total. The van der Waals surface area contributed by atoms with Gasteiger partial charge in [0.1, 0.15) is 11.5 Å². The first-order chi connectivity index (χ1) is 10.9. The van der Waals surface area contributed by atoms with Crippen LogP contribution in [0, 0.1) is 13.8 Å². The van der Waals surface area contributed by atoms with E-state index in [1.54, 1.807) is 32.4 Å². The van der Waals surface area contributed by atoms with Crippen molar-refractivity contribution in [3.63, 3.8) is 0 Å². The van der Waals surface area contributed by atoms with Gasteiger partial charge in [-0.25, -0.2) is 0 Å². The van der Waals surface area contributed by atoms with E-state index >= 15 is 0 Å². The Hall–Kier alpha value is -2.43. The lowest BCUT2D eigenvalue weighted by Crippen LogP contribution is -2.14. The molecule has 2 rings (SSSR count). The first kappa shape index (κ1) is 16.9. The summed E-state index contributed by atoms with van der Waals surface area (Å²) in [7, 11) is 3.16. The molecule has 0 bridgehead atoms. The van der Waals surface area contributed by atoms with E-state index in [1.807, 2.05) is 19.9 Å². The van der Waals surface area contributed by atoms with E-state index in [0.717, 1.165) is 11.4 Å². The highest BCUT2D eigenvalue weighted by Gasteiger charge is 2.17. The first-order valence-electron chi connectivity index (χ1n) is 7.60. The fourth-order valence-electron chi connectivity index (χ4n) is 2.88. The lowest BCUT2D eigenvalue weighted by molar-refractivity contribution is 0.102. The van der Waals surface area contributed by atoms with Gasteiger partial charge >= 0.3 is 0 Å². The number of carbonyl (C=O) groups is 1. The third-order valence-electron chi connectivity index (χ3n) is 3.85. The van der Waals surface area contributed by atoms with Crippen LogP contribution in [0.4, 0.5) is 5.69 Å². The molecule has 1 aromatic carbocycles. The largest absolute Gasteiger partial charge is 0.497 e. The smallest absolute Gasteiger partial charge is 0.257 e. The van der Waals surface area contributed by atoms with Crippen molar-refractivity contribution in [1.29, 1.82) is 0 Å². The SMILES string of the molecule is COc1cc(NC(=O)c2cc(C)n(C(C)C)c2C)cc(OC)c1. The van der Waals surface area contributed by atoms with E-state index in [2.05, 4.69) is 23.7 Å². The van der Waals surface area contributed by atoms with Gasteiger partial charge in [0.2, 0.25) is 0 Å². The number of benzene rings is 1.